The van der Waals surface area contributed by atoms with E-state index in [0.717, 1.165) is 35.2 Å². The number of hydrogen-bond acceptors (Lipinski definition) is 8. The number of fused-ring (bicyclic) bond motifs is 3. The Morgan fingerprint density at radius 2 is 1.80 bits per heavy atom. The summed E-state index contributed by atoms with van der Waals surface area (Å²) in [5.74, 6) is 1.92. The van der Waals surface area contributed by atoms with Gasteiger partial charge in [0.1, 0.15) is 16.5 Å². The number of nitro benzene ring substituents is 1. The molecule has 3 aromatic carbocycles. The summed E-state index contributed by atoms with van der Waals surface area (Å²) in [6.45, 7) is 0. The van der Waals surface area contributed by atoms with Gasteiger partial charge in [-0.1, -0.05) is 64.9 Å². The van der Waals surface area contributed by atoms with Gasteiger partial charge >= 0.3 is 0 Å². The molecule has 2 aliphatic rings. The molecule has 1 atom stereocenters. The molecule has 1 aliphatic heterocycles. The molecule has 0 saturated heterocycles. The van der Waals surface area contributed by atoms with Crippen LogP contribution in [0.25, 0.3) is 23.1 Å². The molecule has 9 nitrogen and oxygen atoms in total. The van der Waals surface area contributed by atoms with Crippen molar-refractivity contribution >= 4 is 52.0 Å². The zero-order chi connectivity index (χ0) is 31.4. The number of halogens is 2. The average Bonchev–Trinajstić information content (AvgIpc) is 3.64. The fourth-order valence-corrected chi connectivity index (χ4v) is 7.38. The number of ether oxygens (including phenoxy) is 2. The van der Waals surface area contributed by atoms with E-state index in [2.05, 4.69) is 12.1 Å². The Bertz CT molecular complexity index is 2250. The Hall–Kier alpha value is -4.64. The van der Waals surface area contributed by atoms with E-state index in [4.69, 9.17) is 42.1 Å². The second-order valence-electron chi connectivity index (χ2n) is 10.5. The summed E-state index contributed by atoms with van der Waals surface area (Å²) in [6, 6.07) is 19.5. The summed E-state index contributed by atoms with van der Waals surface area (Å²) in [5.41, 5.74) is 5.00. The Balaban J connectivity index is 1.38. The zero-order valence-corrected chi connectivity index (χ0v) is 26.2. The second kappa shape index (κ2) is 11.4. The molecule has 12 heteroatoms. The minimum Gasteiger partial charge on any atom is -0.493 e. The Labute approximate surface area is 270 Å². The van der Waals surface area contributed by atoms with Crippen LogP contribution in [0.3, 0.4) is 0 Å². The van der Waals surface area contributed by atoms with Crippen molar-refractivity contribution in [2.75, 3.05) is 14.2 Å². The van der Waals surface area contributed by atoms with Crippen LogP contribution in [-0.2, 0) is 6.42 Å². The molecule has 3 heterocycles. The predicted octanol–water partition coefficient (Wildman–Crippen LogP) is 6.81. The van der Waals surface area contributed by atoms with E-state index in [1.807, 2.05) is 30.3 Å². The highest BCUT2D eigenvalue weighted by Gasteiger charge is 2.33. The monoisotopic (exact) mass is 659 g/mol. The van der Waals surface area contributed by atoms with Crippen molar-refractivity contribution in [3.05, 3.63) is 135 Å². The lowest BCUT2D eigenvalue weighted by molar-refractivity contribution is -0.384. The fourth-order valence-electron chi connectivity index (χ4n) is 5.91. The zero-order valence-electron chi connectivity index (χ0n) is 23.9. The number of nitro groups is 1. The van der Waals surface area contributed by atoms with Gasteiger partial charge in [0.15, 0.2) is 16.3 Å². The molecule has 2 aromatic heterocycles. The quantitative estimate of drug-likeness (QED) is 0.146. The summed E-state index contributed by atoms with van der Waals surface area (Å²) in [5, 5.41) is 11.3. The molecule has 0 spiro atoms. The Morgan fingerprint density at radius 1 is 1.00 bits per heavy atom. The largest absolute Gasteiger partial charge is 0.493 e. The van der Waals surface area contributed by atoms with Gasteiger partial charge in [-0.2, -0.15) is 0 Å². The number of methoxy groups -OCH3 is 2. The molecule has 45 heavy (non-hydrogen) atoms. The normalized spacial score (nSPS) is 15.6. The maximum atomic E-state index is 14.1. The van der Waals surface area contributed by atoms with Gasteiger partial charge in [0, 0.05) is 23.3 Å². The summed E-state index contributed by atoms with van der Waals surface area (Å²) >= 11 is 13.7. The fraction of sp³-hybridized carbons (Fsp3) is 0.152. The van der Waals surface area contributed by atoms with Crippen LogP contribution in [0.5, 0.6) is 11.5 Å². The van der Waals surface area contributed by atoms with Crippen LogP contribution in [0.15, 0.2) is 86.5 Å². The molecule has 0 N–H and O–H groups in total. The lowest BCUT2D eigenvalue weighted by Gasteiger charge is -2.31. The summed E-state index contributed by atoms with van der Waals surface area (Å²) in [6.07, 6.45) is 3.25. The van der Waals surface area contributed by atoms with Crippen molar-refractivity contribution in [1.82, 2.24) is 4.57 Å². The van der Waals surface area contributed by atoms with Gasteiger partial charge in [0.2, 0.25) is 0 Å². The van der Waals surface area contributed by atoms with E-state index in [1.54, 1.807) is 37.0 Å². The van der Waals surface area contributed by atoms with Crippen molar-refractivity contribution in [3.8, 4) is 22.8 Å². The Morgan fingerprint density at radius 3 is 2.58 bits per heavy atom. The third kappa shape index (κ3) is 4.95. The number of allylic oxidation sites excluding steroid dienone is 1. The van der Waals surface area contributed by atoms with Crippen LogP contribution in [0.2, 0.25) is 10.0 Å². The molecule has 0 radical (unpaired) electrons. The molecule has 7 rings (SSSR count). The molecule has 0 saturated carbocycles. The van der Waals surface area contributed by atoms with E-state index in [-0.39, 0.29) is 21.3 Å². The number of aromatic nitrogens is 1. The highest BCUT2D eigenvalue weighted by molar-refractivity contribution is 7.07. The summed E-state index contributed by atoms with van der Waals surface area (Å²) in [7, 11) is 3.17. The van der Waals surface area contributed by atoms with E-state index in [9.17, 15) is 14.9 Å². The van der Waals surface area contributed by atoms with Gasteiger partial charge in [-0.3, -0.25) is 19.5 Å². The SMILES string of the molecule is COc1ccc([C@H]2C3=C(N=c4s/c(=C\c5ccc(-c6cc(Cl)c([N+](=O)[O-])cc6Cl)o5)c(=O)n42)c2ccccc2CC3)cc1OC. The molecule has 1 aliphatic carbocycles. The third-order valence-corrected chi connectivity index (χ3v) is 9.59. The number of nitrogens with zero attached hydrogens (tertiary/aromatic N) is 3. The topological polar surface area (TPSA) is 109 Å². The molecule has 226 valence electrons. The number of aryl methyl sites for hydroxylation is 1. The Kier molecular flexibility index (Phi) is 7.35. The number of rotatable bonds is 6. The van der Waals surface area contributed by atoms with Crippen molar-refractivity contribution in [3.63, 3.8) is 0 Å². The van der Waals surface area contributed by atoms with Gasteiger partial charge in [-0.15, -0.1) is 0 Å². The summed E-state index contributed by atoms with van der Waals surface area (Å²) < 4.78 is 19.3. The van der Waals surface area contributed by atoms with Crippen LogP contribution in [0, 0.1) is 10.1 Å². The molecular weight excluding hydrogens is 637 g/mol. The minimum absolute atomic E-state index is 0.0636. The molecular formula is C33H23Cl2N3O6S. The van der Waals surface area contributed by atoms with Crippen molar-refractivity contribution in [2.45, 2.75) is 18.9 Å². The molecule has 0 fully saturated rings. The van der Waals surface area contributed by atoms with Crippen molar-refractivity contribution in [1.29, 1.82) is 0 Å². The van der Waals surface area contributed by atoms with Crippen LogP contribution in [0.4, 0.5) is 5.69 Å². The van der Waals surface area contributed by atoms with Gasteiger partial charge in [0.25, 0.3) is 11.2 Å². The molecule has 0 bridgehead atoms. The number of hydrogen-bond donors (Lipinski definition) is 0. The van der Waals surface area contributed by atoms with E-state index < -0.39 is 11.0 Å². The third-order valence-electron chi connectivity index (χ3n) is 8.00. The minimum atomic E-state index is -0.600. The van der Waals surface area contributed by atoms with E-state index in [1.165, 1.54) is 29.0 Å². The van der Waals surface area contributed by atoms with Crippen LogP contribution in [0.1, 0.15) is 34.9 Å². The number of benzene rings is 3. The molecule has 0 amide bonds. The molecule has 0 unspecified atom stereocenters. The van der Waals surface area contributed by atoms with Gasteiger partial charge < -0.3 is 13.9 Å². The first kappa shape index (κ1) is 29.1. The first-order chi connectivity index (χ1) is 21.8. The van der Waals surface area contributed by atoms with Crippen LogP contribution in [-0.4, -0.2) is 23.7 Å². The lowest BCUT2D eigenvalue weighted by atomic mass is 9.83. The van der Waals surface area contributed by atoms with Crippen LogP contribution >= 0.6 is 34.5 Å². The maximum Gasteiger partial charge on any atom is 0.289 e. The van der Waals surface area contributed by atoms with Gasteiger partial charge in [-0.25, -0.2) is 4.99 Å². The van der Waals surface area contributed by atoms with Crippen molar-refractivity contribution in [2.24, 2.45) is 4.99 Å². The maximum absolute atomic E-state index is 14.1. The van der Waals surface area contributed by atoms with Crippen molar-refractivity contribution < 1.29 is 18.8 Å². The lowest BCUT2D eigenvalue weighted by Crippen LogP contribution is -2.38. The smallest absolute Gasteiger partial charge is 0.289 e. The number of thiazole rings is 1. The summed E-state index contributed by atoms with van der Waals surface area (Å²) in [4.78, 5) is 30.4. The van der Waals surface area contributed by atoms with Crippen LogP contribution < -0.4 is 24.4 Å². The molecule has 5 aromatic rings. The van der Waals surface area contributed by atoms with E-state index >= 15 is 0 Å². The standard InChI is InChI=1S/C33H23Cl2N3O6S/c1-42-27-11-8-18(13-28(27)43-2)31-21-10-7-17-5-3-4-6-20(17)30(21)36-33-37(31)32(39)29(45-33)14-19-9-12-26(44-19)22-15-24(35)25(38(40)41)16-23(22)34/h3-6,8-9,11-16,31H,7,10H2,1-2H3/b29-14-/t31-/m0/s1. The predicted molar refractivity (Wildman–Crippen MR) is 173 cm³/mol. The highest BCUT2D eigenvalue weighted by Crippen LogP contribution is 2.43. The number of furan rings is 1. The van der Waals surface area contributed by atoms with Gasteiger partial charge in [-0.05, 0) is 59.9 Å². The first-order valence-corrected chi connectivity index (χ1v) is 15.4. The highest BCUT2D eigenvalue weighted by atomic mass is 35.5. The van der Waals surface area contributed by atoms with E-state index in [0.29, 0.717) is 37.9 Å². The first-order valence-electron chi connectivity index (χ1n) is 13.9. The second-order valence-corrected chi connectivity index (χ2v) is 12.3. The van der Waals surface area contributed by atoms with Gasteiger partial charge in [0.05, 0.1) is 40.4 Å². The average molecular weight is 661 g/mol.